The monoisotopic (exact) mass is 208 g/mol. The predicted octanol–water partition coefficient (Wildman–Crippen LogP) is 1.52. The molecular weight excluding hydrogens is 196 g/mol. The number of rotatable bonds is 3. The van der Waals surface area contributed by atoms with Crippen LogP contribution in [0.5, 0.6) is 0 Å². The Bertz CT molecular complexity index is 465. The van der Waals surface area contributed by atoms with E-state index in [1.165, 1.54) is 0 Å². The zero-order chi connectivity index (χ0) is 9.97. The first kappa shape index (κ1) is 9.21. The van der Waals surface area contributed by atoms with Crippen LogP contribution in [-0.2, 0) is 20.0 Å². The highest BCUT2D eigenvalue weighted by molar-refractivity contribution is 7.71. The van der Waals surface area contributed by atoms with Gasteiger partial charge in [-0.05, 0) is 12.2 Å². The van der Waals surface area contributed by atoms with Crippen LogP contribution in [0.3, 0.4) is 0 Å². The van der Waals surface area contributed by atoms with Crippen molar-refractivity contribution in [1.29, 1.82) is 0 Å². The molecule has 2 aromatic heterocycles. The van der Waals surface area contributed by atoms with Gasteiger partial charge in [-0.25, -0.2) is 4.98 Å². The number of aryl methyl sites for hydroxylation is 3. The van der Waals surface area contributed by atoms with E-state index in [1.54, 1.807) is 0 Å². The average molecular weight is 208 g/mol. The molecule has 0 aliphatic rings. The summed E-state index contributed by atoms with van der Waals surface area (Å²) in [6, 6.07) is 0. The molecule has 0 radical (unpaired) electrons. The third-order valence-electron chi connectivity index (χ3n) is 2.09. The molecule has 14 heavy (non-hydrogen) atoms. The van der Waals surface area contributed by atoms with Crippen LogP contribution in [0.25, 0.3) is 0 Å². The van der Waals surface area contributed by atoms with Crippen LogP contribution >= 0.6 is 12.2 Å². The van der Waals surface area contributed by atoms with Gasteiger partial charge in [0.25, 0.3) is 0 Å². The average Bonchev–Trinajstić information content (AvgIpc) is 2.72. The number of hydrogen-bond donors (Lipinski definition) is 1. The minimum atomic E-state index is 0.765. The summed E-state index contributed by atoms with van der Waals surface area (Å²) in [6.45, 7) is 0.874. The van der Waals surface area contributed by atoms with E-state index in [4.69, 9.17) is 12.2 Å². The molecule has 4 nitrogen and oxygen atoms in total. The molecule has 0 amide bonds. The van der Waals surface area contributed by atoms with Crippen molar-refractivity contribution in [2.45, 2.75) is 13.0 Å². The van der Waals surface area contributed by atoms with Crippen LogP contribution < -0.4 is 0 Å². The maximum absolute atomic E-state index is 5.09. The lowest BCUT2D eigenvalue weighted by Crippen LogP contribution is -2.00. The molecule has 0 aliphatic heterocycles. The molecular formula is C9H12N4S. The van der Waals surface area contributed by atoms with E-state index in [9.17, 15) is 0 Å². The van der Waals surface area contributed by atoms with Crippen molar-refractivity contribution in [3.63, 3.8) is 0 Å². The molecule has 0 atom stereocenters. The highest BCUT2D eigenvalue weighted by Gasteiger charge is 1.97. The third-order valence-corrected chi connectivity index (χ3v) is 2.44. The molecule has 0 bridgehead atoms. The van der Waals surface area contributed by atoms with Crippen LogP contribution in [-0.4, -0.2) is 19.1 Å². The van der Waals surface area contributed by atoms with Gasteiger partial charge in [0.15, 0.2) is 4.77 Å². The quantitative estimate of drug-likeness (QED) is 0.777. The van der Waals surface area contributed by atoms with E-state index in [-0.39, 0.29) is 0 Å². The zero-order valence-corrected chi connectivity index (χ0v) is 8.79. The van der Waals surface area contributed by atoms with Crippen molar-refractivity contribution in [3.05, 3.63) is 35.4 Å². The van der Waals surface area contributed by atoms with E-state index in [0.29, 0.717) is 0 Å². The molecule has 0 aromatic carbocycles. The minimum Gasteiger partial charge on any atom is -0.340 e. The second-order valence-corrected chi connectivity index (χ2v) is 3.63. The maximum Gasteiger partial charge on any atom is 0.177 e. The molecule has 74 valence electrons. The third kappa shape index (κ3) is 1.93. The van der Waals surface area contributed by atoms with Gasteiger partial charge in [0.1, 0.15) is 0 Å². The molecule has 5 heteroatoms. The van der Waals surface area contributed by atoms with Crippen molar-refractivity contribution in [1.82, 2.24) is 19.1 Å². The highest BCUT2D eigenvalue weighted by Crippen LogP contribution is 1.99. The molecule has 0 saturated heterocycles. The smallest absolute Gasteiger partial charge is 0.177 e. The number of hydrogen-bond acceptors (Lipinski definition) is 2. The van der Waals surface area contributed by atoms with Gasteiger partial charge < -0.3 is 14.1 Å². The van der Waals surface area contributed by atoms with E-state index >= 15 is 0 Å². The number of aromatic nitrogens is 4. The lowest BCUT2D eigenvalue weighted by atomic mass is 10.3. The molecule has 2 aromatic rings. The van der Waals surface area contributed by atoms with Crippen molar-refractivity contribution in [2.24, 2.45) is 7.05 Å². The first-order valence-electron chi connectivity index (χ1n) is 4.46. The molecule has 0 spiro atoms. The van der Waals surface area contributed by atoms with Gasteiger partial charge in [0.05, 0.1) is 12.0 Å². The SMILES string of the molecule is Cn1cnc(CCn2cc[nH]c2=S)c1. The van der Waals surface area contributed by atoms with Gasteiger partial charge >= 0.3 is 0 Å². The fraction of sp³-hybridized carbons (Fsp3) is 0.333. The Kier molecular flexibility index (Phi) is 2.49. The number of imidazole rings is 2. The summed E-state index contributed by atoms with van der Waals surface area (Å²) in [5.74, 6) is 0. The van der Waals surface area contributed by atoms with Gasteiger partial charge in [-0.3, -0.25) is 0 Å². The Hall–Kier alpha value is -1.36. The van der Waals surface area contributed by atoms with Gasteiger partial charge in [0, 0.05) is 38.6 Å². The molecule has 2 rings (SSSR count). The summed E-state index contributed by atoms with van der Waals surface area (Å²) < 4.78 is 4.72. The molecule has 1 N–H and O–H groups in total. The zero-order valence-electron chi connectivity index (χ0n) is 7.97. The van der Waals surface area contributed by atoms with Crippen LogP contribution in [0.2, 0.25) is 0 Å². The van der Waals surface area contributed by atoms with Crippen LogP contribution in [0.4, 0.5) is 0 Å². The summed E-state index contributed by atoms with van der Waals surface area (Å²) in [5, 5.41) is 0. The van der Waals surface area contributed by atoms with E-state index in [2.05, 4.69) is 9.97 Å². The summed E-state index contributed by atoms with van der Waals surface area (Å²) in [5.41, 5.74) is 1.09. The standard InChI is InChI=1S/C9H12N4S/c1-12-6-8(11-7-12)2-4-13-5-3-10-9(13)14/h3,5-7H,2,4H2,1H3,(H,10,14). The Labute approximate surface area is 87.2 Å². The first-order chi connectivity index (χ1) is 6.75. The molecule has 2 heterocycles. The fourth-order valence-corrected chi connectivity index (χ4v) is 1.58. The van der Waals surface area contributed by atoms with E-state index in [0.717, 1.165) is 23.4 Å². The van der Waals surface area contributed by atoms with E-state index < -0.39 is 0 Å². The first-order valence-corrected chi connectivity index (χ1v) is 4.87. The summed E-state index contributed by atoms with van der Waals surface area (Å²) in [4.78, 5) is 7.21. The normalized spacial score (nSPS) is 10.6. The number of nitrogens with zero attached hydrogens (tertiary/aromatic N) is 3. The van der Waals surface area contributed by atoms with Crippen molar-refractivity contribution < 1.29 is 0 Å². The number of aromatic amines is 1. The predicted molar refractivity (Wildman–Crippen MR) is 56.5 cm³/mol. The van der Waals surface area contributed by atoms with Crippen LogP contribution in [0, 0.1) is 4.77 Å². The number of H-pyrrole nitrogens is 1. The topological polar surface area (TPSA) is 38.5 Å². The van der Waals surface area contributed by atoms with E-state index in [1.807, 2.05) is 41.1 Å². The second-order valence-electron chi connectivity index (χ2n) is 3.24. The summed E-state index contributed by atoms with van der Waals surface area (Å²) in [7, 11) is 1.97. The Morgan fingerprint density at radius 3 is 3.00 bits per heavy atom. The fourth-order valence-electron chi connectivity index (χ4n) is 1.36. The lowest BCUT2D eigenvalue weighted by molar-refractivity contribution is 0.678. The maximum atomic E-state index is 5.09. The second kappa shape index (κ2) is 3.79. The van der Waals surface area contributed by atoms with Gasteiger partial charge in [-0.1, -0.05) is 0 Å². The Balaban J connectivity index is 2.01. The Morgan fingerprint density at radius 1 is 1.57 bits per heavy atom. The lowest BCUT2D eigenvalue weighted by Gasteiger charge is -1.98. The van der Waals surface area contributed by atoms with Crippen molar-refractivity contribution in [3.8, 4) is 0 Å². The van der Waals surface area contributed by atoms with Crippen LogP contribution in [0.15, 0.2) is 24.9 Å². The van der Waals surface area contributed by atoms with Gasteiger partial charge in [-0.2, -0.15) is 0 Å². The Morgan fingerprint density at radius 2 is 2.43 bits per heavy atom. The largest absolute Gasteiger partial charge is 0.340 e. The summed E-state index contributed by atoms with van der Waals surface area (Å²) >= 11 is 5.09. The minimum absolute atomic E-state index is 0.765. The highest BCUT2D eigenvalue weighted by atomic mass is 32.1. The molecule has 0 unspecified atom stereocenters. The van der Waals surface area contributed by atoms with Gasteiger partial charge in [-0.15, -0.1) is 0 Å². The molecule has 0 fully saturated rings. The molecule has 0 aliphatic carbocycles. The van der Waals surface area contributed by atoms with Crippen molar-refractivity contribution >= 4 is 12.2 Å². The van der Waals surface area contributed by atoms with Crippen LogP contribution in [0.1, 0.15) is 5.69 Å². The molecule has 0 saturated carbocycles. The van der Waals surface area contributed by atoms with Crippen molar-refractivity contribution in [2.75, 3.05) is 0 Å². The van der Waals surface area contributed by atoms with Gasteiger partial charge in [0.2, 0.25) is 0 Å². The summed E-state index contributed by atoms with van der Waals surface area (Å²) in [6.07, 6.45) is 8.54. The number of nitrogens with one attached hydrogen (secondary N) is 1.